The van der Waals surface area contributed by atoms with E-state index in [2.05, 4.69) is 5.32 Å². The molecule has 6 heteroatoms. The molecule has 0 fully saturated rings. The highest BCUT2D eigenvalue weighted by molar-refractivity contribution is 6.33. The Morgan fingerprint density at radius 1 is 1.20 bits per heavy atom. The average Bonchev–Trinajstić information content (AvgIpc) is 2.42. The van der Waals surface area contributed by atoms with Crippen molar-refractivity contribution in [1.29, 1.82) is 5.26 Å². The van der Waals surface area contributed by atoms with E-state index in [9.17, 15) is 4.79 Å². The first-order valence-corrected chi connectivity index (χ1v) is 6.26. The van der Waals surface area contributed by atoms with E-state index in [0.717, 1.165) is 0 Å². The predicted octanol–water partition coefficient (Wildman–Crippen LogP) is 4.31. The second kappa shape index (κ2) is 5.83. The van der Waals surface area contributed by atoms with E-state index in [1.165, 1.54) is 18.2 Å². The minimum absolute atomic E-state index is 0.0101. The number of rotatable bonds is 3. The van der Waals surface area contributed by atoms with Crippen LogP contribution in [0.1, 0.15) is 15.9 Å². The largest absolute Gasteiger partial charge is 0.478 e. The highest BCUT2D eigenvalue weighted by atomic mass is 35.5. The van der Waals surface area contributed by atoms with E-state index in [0.29, 0.717) is 22.0 Å². The Labute approximate surface area is 125 Å². The monoisotopic (exact) mass is 306 g/mol. The van der Waals surface area contributed by atoms with Gasteiger partial charge < -0.3 is 10.4 Å². The van der Waals surface area contributed by atoms with Gasteiger partial charge in [0, 0.05) is 10.7 Å². The van der Waals surface area contributed by atoms with Crippen LogP contribution in [0.2, 0.25) is 10.0 Å². The molecule has 0 heterocycles. The lowest BCUT2D eigenvalue weighted by atomic mass is 10.1. The maximum atomic E-state index is 11.0. The van der Waals surface area contributed by atoms with Gasteiger partial charge in [0.05, 0.1) is 21.8 Å². The van der Waals surface area contributed by atoms with Gasteiger partial charge in [0.2, 0.25) is 0 Å². The number of hydrogen-bond donors (Lipinski definition) is 2. The third-order valence-corrected chi connectivity index (χ3v) is 3.14. The zero-order valence-corrected chi connectivity index (χ0v) is 11.5. The standard InChI is InChI=1S/C14H8Cl2N2O2/c15-9-1-4-13(8(5-9)7-17)18-10-2-3-12(16)11(6-10)14(19)20/h1-6,18H,(H,19,20). The van der Waals surface area contributed by atoms with Crippen LogP contribution in [0.3, 0.4) is 0 Å². The van der Waals surface area contributed by atoms with Crippen molar-refractivity contribution in [3.63, 3.8) is 0 Å². The highest BCUT2D eigenvalue weighted by Crippen LogP contribution is 2.26. The van der Waals surface area contributed by atoms with Crippen LogP contribution in [0.5, 0.6) is 0 Å². The summed E-state index contributed by atoms with van der Waals surface area (Å²) in [5.74, 6) is -1.12. The second-order valence-electron chi connectivity index (χ2n) is 3.93. The topological polar surface area (TPSA) is 73.1 Å². The summed E-state index contributed by atoms with van der Waals surface area (Å²) in [6.07, 6.45) is 0. The number of benzene rings is 2. The van der Waals surface area contributed by atoms with E-state index in [4.69, 9.17) is 33.6 Å². The van der Waals surface area contributed by atoms with Gasteiger partial charge in [-0.25, -0.2) is 4.79 Å². The van der Waals surface area contributed by atoms with Crippen LogP contribution < -0.4 is 5.32 Å². The zero-order valence-electron chi connectivity index (χ0n) is 10.0. The molecular formula is C14H8Cl2N2O2. The predicted molar refractivity (Wildman–Crippen MR) is 77.9 cm³/mol. The maximum Gasteiger partial charge on any atom is 0.337 e. The summed E-state index contributed by atoms with van der Waals surface area (Å²) in [7, 11) is 0. The zero-order chi connectivity index (χ0) is 14.7. The van der Waals surface area contributed by atoms with Gasteiger partial charge in [-0.15, -0.1) is 0 Å². The Kier molecular flexibility index (Phi) is 4.14. The molecule has 0 bridgehead atoms. The van der Waals surface area contributed by atoms with E-state index in [1.54, 1.807) is 18.2 Å². The smallest absolute Gasteiger partial charge is 0.337 e. The molecule has 0 unspecified atom stereocenters. The van der Waals surface area contributed by atoms with Gasteiger partial charge in [-0.3, -0.25) is 0 Å². The highest BCUT2D eigenvalue weighted by Gasteiger charge is 2.10. The Morgan fingerprint density at radius 2 is 1.95 bits per heavy atom. The summed E-state index contributed by atoms with van der Waals surface area (Å²) in [4.78, 5) is 11.0. The van der Waals surface area contributed by atoms with Gasteiger partial charge in [0.15, 0.2) is 0 Å². The summed E-state index contributed by atoms with van der Waals surface area (Å²) in [6.45, 7) is 0. The summed E-state index contributed by atoms with van der Waals surface area (Å²) in [5, 5.41) is 21.6. The number of nitriles is 1. The van der Waals surface area contributed by atoms with Gasteiger partial charge >= 0.3 is 5.97 Å². The summed E-state index contributed by atoms with van der Waals surface area (Å²) >= 11 is 11.6. The van der Waals surface area contributed by atoms with Crippen molar-refractivity contribution in [2.45, 2.75) is 0 Å². The van der Waals surface area contributed by atoms with E-state index in [1.807, 2.05) is 6.07 Å². The van der Waals surface area contributed by atoms with Crippen molar-refractivity contribution in [3.05, 3.63) is 57.6 Å². The first-order valence-electron chi connectivity index (χ1n) is 5.51. The summed E-state index contributed by atoms with van der Waals surface area (Å²) in [5.41, 5.74) is 1.41. The van der Waals surface area contributed by atoms with Crippen molar-refractivity contribution >= 4 is 40.5 Å². The molecular weight excluding hydrogens is 299 g/mol. The van der Waals surface area contributed by atoms with Gasteiger partial charge in [-0.05, 0) is 36.4 Å². The van der Waals surface area contributed by atoms with Crippen molar-refractivity contribution in [2.24, 2.45) is 0 Å². The second-order valence-corrected chi connectivity index (χ2v) is 4.77. The van der Waals surface area contributed by atoms with Crippen LogP contribution in [0, 0.1) is 11.3 Å². The fraction of sp³-hybridized carbons (Fsp3) is 0. The van der Waals surface area contributed by atoms with Crippen LogP contribution in [0.25, 0.3) is 0 Å². The number of hydrogen-bond acceptors (Lipinski definition) is 3. The van der Waals surface area contributed by atoms with Crippen LogP contribution in [0.15, 0.2) is 36.4 Å². The molecule has 0 aromatic heterocycles. The fourth-order valence-corrected chi connectivity index (χ4v) is 2.01. The van der Waals surface area contributed by atoms with Gasteiger partial charge in [-0.2, -0.15) is 5.26 Å². The van der Waals surface area contributed by atoms with Crippen LogP contribution >= 0.6 is 23.2 Å². The maximum absolute atomic E-state index is 11.0. The summed E-state index contributed by atoms with van der Waals surface area (Å²) in [6, 6.07) is 11.3. The number of carboxylic acids is 1. The molecule has 100 valence electrons. The molecule has 4 nitrogen and oxygen atoms in total. The molecule has 0 aliphatic heterocycles. The number of nitrogens with zero attached hydrogens (tertiary/aromatic N) is 1. The molecule has 0 spiro atoms. The fourth-order valence-electron chi connectivity index (χ4n) is 1.64. The van der Waals surface area contributed by atoms with E-state index in [-0.39, 0.29) is 10.6 Å². The minimum Gasteiger partial charge on any atom is -0.478 e. The molecule has 2 N–H and O–H groups in total. The van der Waals surface area contributed by atoms with Crippen LogP contribution in [-0.4, -0.2) is 11.1 Å². The van der Waals surface area contributed by atoms with Gasteiger partial charge in [0.1, 0.15) is 6.07 Å². The minimum atomic E-state index is -1.12. The number of anilines is 2. The molecule has 2 aromatic rings. The molecule has 20 heavy (non-hydrogen) atoms. The van der Waals surface area contributed by atoms with Crippen molar-refractivity contribution in [1.82, 2.24) is 0 Å². The van der Waals surface area contributed by atoms with Crippen molar-refractivity contribution in [3.8, 4) is 6.07 Å². The molecule has 0 atom stereocenters. The first-order chi connectivity index (χ1) is 9.51. The van der Waals surface area contributed by atoms with E-state index < -0.39 is 5.97 Å². The average molecular weight is 307 g/mol. The molecule has 0 saturated carbocycles. The SMILES string of the molecule is N#Cc1cc(Cl)ccc1Nc1ccc(Cl)c(C(=O)O)c1. The molecule has 2 aromatic carbocycles. The third-order valence-electron chi connectivity index (χ3n) is 2.58. The van der Waals surface area contributed by atoms with Crippen molar-refractivity contribution in [2.75, 3.05) is 5.32 Å². The normalized spacial score (nSPS) is 9.85. The molecule has 0 aliphatic rings. The Bertz CT molecular complexity index is 724. The van der Waals surface area contributed by atoms with E-state index >= 15 is 0 Å². The Morgan fingerprint density at radius 3 is 2.60 bits per heavy atom. The van der Waals surface area contributed by atoms with Gasteiger partial charge in [0.25, 0.3) is 0 Å². The Hall–Kier alpha value is -2.22. The van der Waals surface area contributed by atoms with Crippen molar-refractivity contribution < 1.29 is 9.90 Å². The van der Waals surface area contributed by atoms with Crippen LogP contribution in [0.4, 0.5) is 11.4 Å². The lowest BCUT2D eigenvalue weighted by Gasteiger charge is -2.10. The Balaban J connectivity index is 2.38. The number of aromatic carboxylic acids is 1. The number of nitrogens with one attached hydrogen (secondary N) is 1. The third kappa shape index (κ3) is 3.02. The van der Waals surface area contributed by atoms with Gasteiger partial charge in [-0.1, -0.05) is 23.2 Å². The quantitative estimate of drug-likeness (QED) is 0.886. The van der Waals surface area contributed by atoms with Crippen LogP contribution in [-0.2, 0) is 0 Å². The number of halogens is 2. The molecule has 0 radical (unpaired) electrons. The lowest BCUT2D eigenvalue weighted by Crippen LogP contribution is -2.00. The lowest BCUT2D eigenvalue weighted by molar-refractivity contribution is 0.0697. The summed E-state index contributed by atoms with van der Waals surface area (Å²) < 4.78 is 0. The molecule has 2 rings (SSSR count). The number of carboxylic acid groups (broad SMARTS) is 1. The molecule has 0 saturated heterocycles. The molecule has 0 amide bonds. The first kappa shape index (κ1) is 14.2. The molecule has 0 aliphatic carbocycles. The number of carbonyl (C=O) groups is 1.